The molecule has 21 heavy (non-hydrogen) atoms. The molecule has 0 aliphatic carbocycles. The van der Waals surface area contributed by atoms with Gasteiger partial charge >= 0.3 is 0 Å². The molecule has 6 heteroatoms. The number of aliphatic hydroxyl groups excluding tert-OH is 1. The van der Waals surface area contributed by atoms with Gasteiger partial charge in [0.1, 0.15) is 0 Å². The van der Waals surface area contributed by atoms with Gasteiger partial charge in [-0.05, 0) is 50.2 Å². The number of halogens is 1. The lowest BCUT2D eigenvalue weighted by atomic mass is 10.0. The zero-order valence-electron chi connectivity index (χ0n) is 12.7. The highest BCUT2D eigenvalue weighted by Gasteiger charge is 2.28. The number of aryl methyl sites for hydroxylation is 1. The Labute approximate surface area is 136 Å². The van der Waals surface area contributed by atoms with Crippen molar-refractivity contribution in [3.8, 4) is 0 Å². The van der Waals surface area contributed by atoms with Gasteiger partial charge < -0.3 is 10.4 Å². The first kappa shape index (κ1) is 18.4. The third-order valence-corrected chi connectivity index (χ3v) is 4.96. The molecule has 2 heterocycles. The van der Waals surface area contributed by atoms with Crippen molar-refractivity contribution in [3.05, 3.63) is 15.8 Å². The predicted molar refractivity (Wildman–Crippen MR) is 90.4 cm³/mol. The number of carbonyl (C=O) groups excluding carboxylic acids is 1. The first-order valence-electron chi connectivity index (χ1n) is 7.40. The SMILES string of the molecule is CCCN1CCCC[C@H]1C(=O)Nc1c(C)csc1CO.Cl. The number of hydrogen-bond acceptors (Lipinski definition) is 4. The number of nitrogens with one attached hydrogen (secondary N) is 1. The fourth-order valence-electron chi connectivity index (χ4n) is 2.83. The van der Waals surface area contributed by atoms with Crippen LogP contribution in [0.5, 0.6) is 0 Å². The zero-order chi connectivity index (χ0) is 14.5. The Hall–Kier alpha value is -0.620. The third kappa shape index (κ3) is 4.42. The Morgan fingerprint density at radius 2 is 2.29 bits per heavy atom. The lowest BCUT2D eigenvalue weighted by Crippen LogP contribution is -2.47. The second-order valence-corrected chi connectivity index (χ2v) is 6.38. The smallest absolute Gasteiger partial charge is 0.241 e. The van der Waals surface area contributed by atoms with Crippen LogP contribution in [0.1, 0.15) is 43.0 Å². The van der Waals surface area contributed by atoms with E-state index in [1.807, 2.05) is 12.3 Å². The van der Waals surface area contributed by atoms with Crippen molar-refractivity contribution >= 4 is 35.3 Å². The number of rotatable bonds is 5. The first-order valence-corrected chi connectivity index (χ1v) is 8.28. The number of thiophene rings is 1. The highest BCUT2D eigenvalue weighted by atomic mass is 35.5. The average Bonchev–Trinajstić information content (AvgIpc) is 2.80. The van der Waals surface area contributed by atoms with Crippen LogP contribution in [-0.4, -0.2) is 35.0 Å². The topological polar surface area (TPSA) is 52.6 Å². The van der Waals surface area contributed by atoms with E-state index in [-0.39, 0.29) is 31.0 Å². The monoisotopic (exact) mass is 332 g/mol. The van der Waals surface area contributed by atoms with E-state index in [1.54, 1.807) is 0 Å². The second-order valence-electron chi connectivity index (χ2n) is 5.41. The molecule has 1 atom stereocenters. The quantitative estimate of drug-likeness (QED) is 0.870. The fourth-order valence-corrected chi connectivity index (χ4v) is 3.67. The van der Waals surface area contributed by atoms with E-state index in [0.29, 0.717) is 0 Å². The van der Waals surface area contributed by atoms with Gasteiger partial charge in [0.2, 0.25) is 5.91 Å². The van der Waals surface area contributed by atoms with E-state index < -0.39 is 0 Å². The molecule has 0 radical (unpaired) electrons. The number of aliphatic hydroxyl groups is 1. The summed E-state index contributed by atoms with van der Waals surface area (Å²) in [5.74, 6) is 0.0781. The summed E-state index contributed by atoms with van der Waals surface area (Å²) < 4.78 is 0. The molecule has 1 amide bonds. The molecule has 1 saturated heterocycles. The molecule has 1 aromatic rings. The molecule has 1 aliphatic heterocycles. The lowest BCUT2D eigenvalue weighted by Gasteiger charge is -2.34. The molecule has 2 N–H and O–H groups in total. The summed E-state index contributed by atoms with van der Waals surface area (Å²) >= 11 is 1.50. The summed E-state index contributed by atoms with van der Waals surface area (Å²) in [5, 5.41) is 14.4. The molecule has 2 rings (SSSR count). The average molecular weight is 333 g/mol. The lowest BCUT2D eigenvalue weighted by molar-refractivity contribution is -0.122. The number of carbonyl (C=O) groups is 1. The van der Waals surface area contributed by atoms with Gasteiger partial charge in [0.25, 0.3) is 0 Å². The highest BCUT2D eigenvalue weighted by Crippen LogP contribution is 2.28. The second kappa shape index (κ2) is 8.73. The van der Waals surface area contributed by atoms with Gasteiger partial charge in [0, 0.05) is 0 Å². The van der Waals surface area contributed by atoms with Gasteiger partial charge in [-0.25, -0.2) is 0 Å². The molecule has 1 aliphatic rings. The van der Waals surface area contributed by atoms with Crippen molar-refractivity contribution in [1.29, 1.82) is 0 Å². The zero-order valence-corrected chi connectivity index (χ0v) is 14.4. The largest absolute Gasteiger partial charge is 0.391 e. The van der Waals surface area contributed by atoms with Gasteiger partial charge in [-0.1, -0.05) is 13.3 Å². The number of nitrogens with zero attached hydrogens (tertiary/aromatic N) is 1. The molecule has 120 valence electrons. The van der Waals surface area contributed by atoms with E-state index in [4.69, 9.17) is 0 Å². The summed E-state index contributed by atoms with van der Waals surface area (Å²) in [4.78, 5) is 15.7. The van der Waals surface area contributed by atoms with Crippen molar-refractivity contribution in [2.24, 2.45) is 0 Å². The normalized spacial score (nSPS) is 19.1. The number of hydrogen-bond donors (Lipinski definition) is 2. The molecule has 0 aromatic carbocycles. The highest BCUT2D eigenvalue weighted by molar-refractivity contribution is 7.10. The van der Waals surface area contributed by atoms with E-state index in [9.17, 15) is 9.90 Å². The van der Waals surface area contributed by atoms with E-state index in [1.165, 1.54) is 17.8 Å². The van der Waals surface area contributed by atoms with Crippen LogP contribution in [-0.2, 0) is 11.4 Å². The Balaban J connectivity index is 0.00000220. The fraction of sp³-hybridized carbons (Fsp3) is 0.667. The Morgan fingerprint density at radius 3 is 2.95 bits per heavy atom. The van der Waals surface area contributed by atoms with Crippen molar-refractivity contribution in [1.82, 2.24) is 4.90 Å². The van der Waals surface area contributed by atoms with E-state index >= 15 is 0 Å². The molecule has 0 bridgehead atoms. The maximum absolute atomic E-state index is 12.5. The van der Waals surface area contributed by atoms with Crippen LogP contribution < -0.4 is 5.32 Å². The van der Waals surface area contributed by atoms with Gasteiger partial charge in [0.05, 0.1) is 23.2 Å². The number of anilines is 1. The molecule has 0 saturated carbocycles. The summed E-state index contributed by atoms with van der Waals surface area (Å²) in [6.45, 7) is 6.10. The van der Waals surface area contributed by atoms with Gasteiger partial charge in [-0.3, -0.25) is 9.69 Å². The van der Waals surface area contributed by atoms with Crippen LogP contribution in [0.25, 0.3) is 0 Å². The van der Waals surface area contributed by atoms with E-state index in [2.05, 4.69) is 17.1 Å². The summed E-state index contributed by atoms with van der Waals surface area (Å²) in [6, 6.07) is -0.0189. The first-order chi connectivity index (χ1) is 9.67. The maximum Gasteiger partial charge on any atom is 0.241 e. The molecule has 1 aromatic heterocycles. The van der Waals surface area contributed by atoms with Crippen LogP contribution in [0, 0.1) is 6.92 Å². The van der Waals surface area contributed by atoms with Crippen LogP contribution in [0.3, 0.4) is 0 Å². The Morgan fingerprint density at radius 1 is 1.52 bits per heavy atom. The standard InChI is InChI=1S/C15H24N2O2S.ClH/c1-3-7-17-8-5-4-6-12(17)15(19)16-14-11(2)10-20-13(14)9-18;/h10,12,18H,3-9H2,1-2H3,(H,16,19);1H/t12-;/m0./s1. The third-order valence-electron chi connectivity index (χ3n) is 3.87. The predicted octanol–water partition coefficient (Wildman–Crippen LogP) is 3.17. The van der Waals surface area contributed by atoms with Gasteiger partial charge in [-0.15, -0.1) is 23.7 Å². The Bertz CT molecular complexity index is 463. The van der Waals surface area contributed by atoms with Crippen molar-refractivity contribution in [2.75, 3.05) is 18.4 Å². The number of piperidine rings is 1. The number of likely N-dealkylation sites (tertiary alicyclic amines) is 1. The van der Waals surface area contributed by atoms with E-state index in [0.717, 1.165) is 48.5 Å². The van der Waals surface area contributed by atoms with Crippen molar-refractivity contribution in [3.63, 3.8) is 0 Å². The van der Waals surface area contributed by atoms with Crippen molar-refractivity contribution < 1.29 is 9.90 Å². The molecule has 0 spiro atoms. The van der Waals surface area contributed by atoms with Crippen molar-refractivity contribution in [2.45, 2.75) is 52.2 Å². The Kier molecular flexibility index (Phi) is 7.66. The summed E-state index contributed by atoms with van der Waals surface area (Å²) in [5.41, 5.74) is 1.84. The van der Waals surface area contributed by atoms with Gasteiger partial charge in [-0.2, -0.15) is 0 Å². The molecule has 0 unspecified atom stereocenters. The van der Waals surface area contributed by atoms with Crippen LogP contribution in [0.15, 0.2) is 5.38 Å². The summed E-state index contributed by atoms with van der Waals surface area (Å²) in [6.07, 6.45) is 4.31. The molecule has 4 nitrogen and oxygen atoms in total. The minimum atomic E-state index is -0.0189. The summed E-state index contributed by atoms with van der Waals surface area (Å²) in [7, 11) is 0. The minimum Gasteiger partial charge on any atom is -0.391 e. The van der Waals surface area contributed by atoms with Crippen LogP contribution in [0.2, 0.25) is 0 Å². The van der Waals surface area contributed by atoms with Gasteiger partial charge in [0.15, 0.2) is 0 Å². The molecular weight excluding hydrogens is 308 g/mol. The number of amides is 1. The van der Waals surface area contributed by atoms with Crippen LogP contribution in [0.4, 0.5) is 5.69 Å². The minimum absolute atomic E-state index is 0. The van der Waals surface area contributed by atoms with Crippen LogP contribution >= 0.6 is 23.7 Å². The maximum atomic E-state index is 12.5. The molecular formula is C15H25ClN2O2S. The molecule has 1 fully saturated rings.